The van der Waals surface area contributed by atoms with Crippen molar-refractivity contribution in [1.82, 2.24) is 15.0 Å². The molecule has 1 fully saturated rings. The van der Waals surface area contributed by atoms with Crippen LogP contribution in [0.5, 0.6) is 0 Å². The van der Waals surface area contributed by atoms with Gasteiger partial charge in [0.05, 0.1) is 35.2 Å². The van der Waals surface area contributed by atoms with E-state index >= 15 is 4.39 Å². The maximum Gasteiger partial charge on any atom is 0.412 e. The maximum absolute atomic E-state index is 15.7. The molecule has 0 unspecified atom stereocenters. The zero-order valence-electron chi connectivity index (χ0n) is 16.9. The molecule has 0 saturated carbocycles. The molecule has 1 aromatic carbocycles. The van der Waals surface area contributed by atoms with Crippen LogP contribution < -0.4 is 9.80 Å². The lowest BCUT2D eigenvalue weighted by Gasteiger charge is -2.26. The number of ether oxygens (including phenoxy) is 1. The monoisotopic (exact) mass is 475 g/mol. The highest BCUT2D eigenvalue weighted by molar-refractivity contribution is 7.19. The normalized spacial score (nSPS) is 13.8. The minimum absolute atomic E-state index is 0.0554. The van der Waals surface area contributed by atoms with Gasteiger partial charge in [-0.1, -0.05) is 23.5 Å². The molecule has 8 nitrogen and oxygen atoms in total. The van der Waals surface area contributed by atoms with E-state index in [1.807, 2.05) is 0 Å². The predicted octanol–water partition coefficient (Wildman–Crippen LogP) is 4.57. The van der Waals surface area contributed by atoms with Crippen LogP contribution in [0.15, 0.2) is 43.1 Å². The summed E-state index contributed by atoms with van der Waals surface area (Å²) in [4.78, 5) is 28.1. The number of halogens is 2. The fourth-order valence-corrected chi connectivity index (χ4v) is 4.59. The number of rotatable bonds is 6. The number of carboxylic acid groups (broad SMARTS) is 1. The lowest BCUT2D eigenvalue weighted by Crippen LogP contribution is -2.36. The van der Waals surface area contributed by atoms with Crippen LogP contribution in [0.3, 0.4) is 0 Å². The number of hydrogen-bond donors (Lipinski definition) is 1. The van der Waals surface area contributed by atoms with Gasteiger partial charge in [0.15, 0.2) is 10.9 Å². The summed E-state index contributed by atoms with van der Waals surface area (Å²) < 4.78 is 21.1. The fourth-order valence-electron chi connectivity index (χ4n) is 3.34. The van der Waals surface area contributed by atoms with Crippen LogP contribution in [0.2, 0.25) is 5.28 Å². The minimum Gasteiger partial charge on any atom is -0.465 e. The first-order valence-corrected chi connectivity index (χ1v) is 10.9. The van der Waals surface area contributed by atoms with Crippen molar-refractivity contribution in [2.75, 3.05) is 42.6 Å². The SMILES string of the molecule is C=CCN(C(=O)O)c1cccc(-c2nc(N3CCOCC3)sc2-c2ccnc(Cl)n2)c1F. The Balaban J connectivity index is 1.87. The van der Waals surface area contributed by atoms with Crippen LogP contribution in [0, 0.1) is 5.82 Å². The third-order valence-corrected chi connectivity index (χ3v) is 6.14. The average Bonchev–Trinajstić information content (AvgIpc) is 3.24. The maximum atomic E-state index is 15.7. The van der Waals surface area contributed by atoms with Gasteiger partial charge in [0.1, 0.15) is 0 Å². The number of anilines is 2. The summed E-state index contributed by atoms with van der Waals surface area (Å²) in [5, 5.41) is 10.3. The van der Waals surface area contributed by atoms with E-state index < -0.39 is 11.9 Å². The quantitative estimate of drug-likeness (QED) is 0.412. The highest BCUT2D eigenvalue weighted by atomic mass is 35.5. The summed E-state index contributed by atoms with van der Waals surface area (Å²) in [6, 6.07) is 6.25. The van der Waals surface area contributed by atoms with Crippen molar-refractivity contribution in [3.8, 4) is 21.8 Å². The van der Waals surface area contributed by atoms with Crippen molar-refractivity contribution in [3.63, 3.8) is 0 Å². The molecular formula is C21H19ClFN5O3S. The van der Waals surface area contributed by atoms with Crippen molar-refractivity contribution in [3.05, 3.63) is 54.2 Å². The molecular weight excluding hydrogens is 457 g/mol. The summed E-state index contributed by atoms with van der Waals surface area (Å²) >= 11 is 7.36. The number of thiazole rings is 1. The molecule has 166 valence electrons. The third kappa shape index (κ3) is 4.43. The Hall–Kier alpha value is -3.08. The first-order chi connectivity index (χ1) is 15.5. The van der Waals surface area contributed by atoms with E-state index in [0.717, 1.165) is 4.90 Å². The zero-order chi connectivity index (χ0) is 22.7. The average molecular weight is 476 g/mol. The number of carbonyl (C=O) groups is 1. The summed E-state index contributed by atoms with van der Waals surface area (Å²) in [7, 11) is 0. The Morgan fingerprint density at radius 3 is 2.81 bits per heavy atom. The second-order valence-corrected chi connectivity index (χ2v) is 8.12. The minimum atomic E-state index is -1.28. The molecule has 0 bridgehead atoms. The van der Waals surface area contributed by atoms with Crippen LogP contribution >= 0.6 is 22.9 Å². The van der Waals surface area contributed by atoms with E-state index in [9.17, 15) is 9.90 Å². The molecule has 1 saturated heterocycles. The topological polar surface area (TPSA) is 91.7 Å². The predicted molar refractivity (Wildman–Crippen MR) is 122 cm³/mol. The molecule has 0 spiro atoms. The van der Waals surface area contributed by atoms with E-state index in [1.54, 1.807) is 18.2 Å². The molecule has 1 aliphatic heterocycles. The van der Waals surface area contributed by atoms with Gasteiger partial charge in [-0.2, -0.15) is 0 Å². The number of nitrogens with zero attached hydrogens (tertiary/aromatic N) is 5. The summed E-state index contributed by atoms with van der Waals surface area (Å²) in [6.45, 7) is 5.96. The molecule has 0 aliphatic carbocycles. The van der Waals surface area contributed by atoms with Gasteiger partial charge >= 0.3 is 6.09 Å². The van der Waals surface area contributed by atoms with Crippen molar-refractivity contribution < 1.29 is 19.0 Å². The molecule has 3 heterocycles. The molecule has 2 aromatic heterocycles. The van der Waals surface area contributed by atoms with Crippen molar-refractivity contribution in [2.24, 2.45) is 0 Å². The summed E-state index contributed by atoms with van der Waals surface area (Å²) in [5.74, 6) is -0.697. The van der Waals surface area contributed by atoms with Gasteiger partial charge in [0.2, 0.25) is 5.28 Å². The van der Waals surface area contributed by atoms with Crippen LogP contribution in [-0.4, -0.2) is 59.0 Å². The van der Waals surface area contributed by atoms with Crippen LogP contribution in [0.4, 0.5) is 20.0 Å². The smallest absolute Gasteiger partial charge is 0.412 e. The number of amides is 1. The number of benzene rings is 1. The van der Waals surface area contributed by atoms with Crippen molar-refractivity contribution in [2.45, 2.75) is 0 Å². The third-order valence-electron chi connectivity index (χ3n) is 4.82. The summed E-state index contributed by atoms with van der Waals surface area (Å²) in [6.07, 6.45) is 1.63. The Morgan fingerprint density at radius 1 is 1.34 bits per heavy atom. The first-order valence-electron chi connectivity index (χ1n) is 9.72. The molecule has 3 aromatic rings. The standard InChI is InChI=1S/C21H19ClFN5O3S/c1-2-8-28(21(29)30)15-5-3-4-13(16(15)23)17-18(14-6-7-24-19(22)25-14)32-20(26-17)27-9-11-31-12-10-27/h2-7H,1,8-12H2,(H,29,30). The van der Waals surface area contributed by atoms with E-state index in [-0.39, 0.29) is 23.1 Å². The number of hydrogen-bond acceptors (Lipinski definition) is 7. The zero-order valence-corrected chi connectivity index (χ0v) is 18.4. The highest BCUT2D eigenvalue weighted by Crippen LogP contribution is 2.42. The molecule has 1 N–H and O–H groups in total. The Labute approximate surface area is 192 Å². The second-order valence-electron chi connectivity index (χ2n) is 6.81. The Kier molecular flexibility index (Phi) is 6.63. The molecule has 11 heteroatoms. The van der Waals surface area contributed by atoms with Gasteiger partial charge in [-0.25, -0.2) is 24.1 Å². The van der Waals surface area contributed by atoms with Gasteiger partial charge in [-0.15, -0.1) is 6.58 Å². The van der Waals surface area contributed by atoms with E-state index in [4.69, 9.17) is 21.3 Å². The van der Waals surface area contributed by atoms with Gasteiger partial charge < -0.3 is 14.7 Å². The van der Waals surface area contributed by atoms with E-state index in [1.165, 1.54) is 29.7 Å². The second kappa shape index (κ2) is 9.60. The van der Waals surface area contributed by atoms with Crippen LogP contribution in [0.25, 0.3) is 21.8 Å². The lowest BCUT2D eigenvalue weighted by molar-refractivity contribution is 0.122. The van der Waals surface area contributed by atoms with Crippen LogP contribution in [-0.2, 0) is 4.74 Å². The lowest BCUT2D eigenvalue weighted by atomic mass is 10.1. The highest BCUT2D eigenvalue weighted by Gasteiger charge is 2.26. The molecule has 0 radical (unpaired) electrons. The van der Waals surface area contributed by atoms with E-state index in [2.05, 4.69) is 21.4 Å². The largest absolute Gasteiger partial charge is 0.465 e. The molecule has 4 rings (SSSR count). The Bertz CT molecular complexity index is 1150. The molecule has 1 amide bonds. The molecule has 0 atom stereocenters. The van der Waals surface area contributed by atoms with E-state index in [0.29, 0.717) is 47.7 Å². The van der Waals surface area contributed by atoms with Gasteiger partial charge in [0, 0.05) is 31.4 Å². The van der Waals surface area contributed by atoms with Gasteiger partial charge in [0.25, 0.3) is 0 Å². The van der Waals surface area contributed by atoms with Gasteiger partial charge in [-0.3, -0.25) is 4.90 Å². The molecule has 32 heavy (non-hydrogen) atoms. The van der Waals surface area contributed by atoms with Crippen molar-refractivity contribution >= 4 is 39.8 Å². The summed E-state index contributed by atoms with van der Waals surface area (Å²) in [5.41, 5.74) is 0.943. The van der Waals surface area contributed by atoms with Crippen molar-refractivity contribution in [1.29, 1.82) is 0 Å². The molecule has 1 aliphatic rings. The number of morpholine rings is 1. The fraction of sp³-hybridized carbons (Fsp3) is 0.238. The van der Waals surface area contributed by atoms with Gasteiger partial charge in [-0.05, 0) is 29.8 Å². The Morgan fingerprint density at radius 2 is 2.12 bits per heavy atom. The number of aromatic nitrogens is 3. The van der Waals surface area contributed by atoms with Crippen LogP contribution in [0.1, 0.15) is 0 Å². The first kappa shape index (κ1) is 22.1.